The van der Waals surface area contributed by atoms with Crippen LogP contribution in [0.15, 0.2) is 18.3 Å². The zero-order valence-corrected chi connectivity index (χ0v) is 11.3. The van der Waals surface area contributed by atoms with Gasteiger partial charge in [0.2, 0.25) is 0 Å². The lowest BCUT2D eigenvalue weighted by atomic mass is 10.1. The number of hydrogen-bond acceptors (Lipinski definition) is 4. The van der Waals surface area contributed by atoms with E-state index in [-0.39, 0.29) is 0 Å². The summed E-state index contributed by atoms with van der Waals surface area (Å²) < 4.78 is 36.9. The van der Waals surface area contributed by atoms with E-state index in [4.69, 9.17) is 0 Å². The maximum absolute atomic E-state index is 12.3. The van der Waals surface area contributed by atoms with Crippen molar-refractivity contribution in [1.82, 2.24) is 9.88 Å². The van der Waals surface area contributed by atoms with Crippen molar-refractivity contribution in [3.05, 3.63) is 23.9 Å². The molecule has 2 rings (SSSR count). The summed E-state index contributed by atoms with van der Waals surface area (Å²) in [6.45, 7) is 2.54. The van der Waals surface area contributed by atoms with E-state index in [0.29, 0.717) is 32.0 Å². The lowest BCUT2D eigenvalue weighted by Crippen LogP contribution is -2.49. The van der Waals surface area contributed by atoms with Gasteiger partial charge in [0.1, 0.15) is 5.82 Å². The fourth-order valence-corrected chi connectivity index (χ4v) is 2.26. The Morgan fingerprint density at radius 1 is 1.30 bits per heavy atom. The van der Waals surface area contributed by atoms with E-state index in [1.54, 1.807) is 25.3 Å². The molecular weight excluding hydrogens is 271 g/mol. The molecule has 0 aromatic carbocycles. The molecule has 0 spiro atoms. The van der Waals surface area contributed by atoms with Crippen molar-refractivity contribution in [2.24, 2.45) is 0 Å². The first-order valence-electron chi connectivity index (χ1n) is 6.53. The molecule has 7 heteroatoms. The Hall–Kier alpha value is -1.34. The number of nitrogens with zero attached hydrogens (tertiary/aromatic N) is 3. The number of aliphatic hydroxyl groups is 1. The van der Waals surface area contributed by atoms with Crippen LogP contribution in [0.4, 0.5) is 19.0 Å². The monoisotopic (exact) mass is 289 g/mol. The Balaban J connectivity index is 1.95. The van der Waals surface area contributed by atoms with Crippen LogP contribution >= 0.6 is 0 Å². The first-order chi connectivity index (χ1) is 9.35. The minimum atomic E-state index is -4.15. The van der Waals surface area contributed by atoms with Gasteiger partial charge in [-0.25, -0.2) is 4.98 Å². The predicted molar refractivity (Wildman–Crippen MR) is 69.6 cm³/mol. The summed E-state index contributed by atoms with van der Waals surface area (Å²) in [6, 6.07) is 3.51. The Kier molecular flexibility index (Phi) is 4.49. The molecule has 0 saturated carbocycles. The van der Waals surface area contributed by atoms with Crippen LogP contribution in [-0.2, 0) is 0 Å². The Bertz CT molecular complexity index is 443. The van der Waals surface area contributed by atoms with E-state index < -0.39 is 18.8 Å². The molecule has 0 bridgehead atoms. The van der Waals surface area contributed by atoms with Gasteiger partial charge in [-0.15, -0.1) is 0 Å². The molecule has 0 aliphatic carbocycles. The minimum absolute atomic E-state index is 0.361. The number of piperazine rings is 1. The van der Waals surface area contributed by atoms with Crippen LogP contribution in [-0.4, -0.2) is 53.9 Å². The van der Waals surface area contributed by atoms with Gasteiger partial charge in [0.05, 0.1) is 12.6 Å². The highest BCUT2D eigenvalue weighted by atomic mass is 19.4. The molecule has 1 aromatic rings. The van der Waals surface area contributed by atoms with Crippen molar-refractivity contribution >= 4 is 5.82 Å². The van der Waals surface area contributed by atoms with Crippen LogP contribution < -0.4 is 4.90 Å². The summed E-state index contributed by atoms with van der Waals surface area (Å²) >= 11 is 0. The molecular formula is C13H18F3N3O. The molecule has 1 aromatic heterocycles. The van der Waals surface area contributed by atoms with Gasteiger partial charge in [-0.1, -0.05) is 0 Å². The maximum atomic E-state index is 12.3. The van der Waals surface area contributed by atoms with Crippen molar-refractivity contribution in [3.63, 3.8) is 0 Å². The highest BCUT2D eigenvalue weighted by molar-refractivity contribution is 5.42. The van der Waals surface area contributed by atoms with Gasteiger partial charge in [0.25, 0.3) is 0 Å². The summed E-state index contributed by atoms with van der Waals surface area (Å²) in [6.07, 6.45) is -3.12. The largest absolute Gasteiger partial charge is 0.401 e. The molecule has 1 aliphatic heterocycles. The maximum Gasteiger partial charge on any atom is 0.401 e. The molecule has 1 fully saturated rings. The average molecular weight is 289 g/mol. The van der Waals surface area contributed by atoms with Crippen LogP contribution in [0.1, 0.15) is 18.6 Å². The van der Waals surface area contributed by atoms with Gasteiger partial charge in [-0.05, 0) is 24.6 Å². The Morgan fingerprint density at radius 2 is 1.95 bits per heavy atom. The van der Waals surface area contributed by atoms with E-state index in [1.165, 1.54) is 4.90 Å². The Labute approximate surface area is 115 Å². The van der Waals surface area contributed by atoms with Gasteiger partial charge in [0, 0.05) is 32.4 Å². The molecule has 20 heavy (non-hydrogen) atoms. The van der Waals surface area contributed by atoms with Crippen LogP contribution in [0.3, 0.4) is 0 Å². The van der Waals surface area contributed by atoms with Crippen LogP contribution in [0.5, 0.6) is 0 Å². The van der Waals surface area contributed by atoms with Gasteiger partial charge >= 0.3 is 6.18 Å². The second kappa shape index (κ2) is 5.97. The summed E-state index contributed by atoms with van der Waals surface area (Å²) in [7, 11) is 0. The van der Waals surface area contributed by atoms with Gasteiger partial charge in [0.15, 0.2) is 0 Å². The fourth-order valence-electron chi connectivity index (χ4n) is 2.26. The van der Waals surface area contributed by atoms with Crippen molar-refractivity contribution in [2.45, 2.75) is 19.2 Å². The predicted octanol–water partition coefficient (Wildman–Crippen LogP) is 1.82. The van der Waals surface area contributed by atoms with Crippen LogP contribution in [0.25, 0.3) is 0 Å². The van der Waals surface area contributed by atoms with E-state index in [1.807, 2.05) is 4.90 Å². The normalized spacial score (nSPS) is 19.1. The number of pyridine rings is 1. The van der Waals surface area contributed by atoms with Crippen molar-refractivity contribution in [3.8, 4) is 0 Å². The number of anilines is 1. The molecule has 1 N–H and O–H groups in total. The lowest BCUT2D eigenvalue weighted by Gasteiger charge is -2.35. The second-order valence-corrected chi connectivity index (χ2v) is 5.00. The smallest absolute Gasteiger partial charge is 0.389 e. The number of aromatic nitrogens is 1. The SMILES string of the molecule is C[C@H](O)c1ccnc(N2CCN(CC(F)(F)F)CC2)c1. The number of hydrogen-bond donors (Lipinski definition) is 1. The van der Waals surface area contributed by atoms with Crippen molar-refractivity contribution in [1.29, 1.82) is 0 Å². The quantitative estimate of drug-likeness (QED) is 0.921. The summed E-state index contributed by atoms with van der Waals surface area (Å²) in [5, 5.41) is 9.54. The molecule has 1 aliphatic rings. The molecule has 1 saturated heterocycles. The van der Waals surface area contributed by atoms with E-state index in [2.05, 4.69) is 4.98 Å². The van der Waals surface area contributed by atoms with Gasteiger partial charge in [-0.2, -0.15) is 13.2 Å². The highest BCUT2D eigenvalue weighted by Gasteiger charge is 2.32. The number of aliphatic hydroxyl groups excluding tert-OH is 1. The van der Waals surface area contributed by atoms with E-state index >= 15 is 0 Å². The molecule has 112 valence electrons. The summed E-state index contributed by atoms with van der Waals surface area (Å²) in [5.41, 5.74) is 0.757. The van der Waals surface area contributed by atoms with Crippen molar-refractivity contribution < 1.29 is 18.3 Å². The average Bonchev–Trinajstić information content (AvgIpc) is 2.38. The zero-order chi connectivity index (χ0) is 14.8. The molecule has 4 nitrogen and oxygen atoms in total. The molecule has 2 heterocycles. The van der Waals surface area contributed by atoms with Crippen LogP contribution in [0, 0.1) is 0 Å². The number of alkyl halides is 3. The highest BCUT2D eigenvalue weighted by Crippen LogP contribution is 2.21. The molecule has 1 atom stereocenters. The summed E-state index contributed by atoms with van der Waals surface area (Å²) in [5.74, 6) is 0.704. The zero-order valence-electron chi connectivity index (χ0n) is 11.3. The minimum Gasteiger partial charge on any atom is -0.389 e. The number of halogens is 3. The number of rotatable bonds is 3. The third-order valence-corrected chi connectivity index (χ3v) is 3.35. The Morgan fingerprint density at radius 3 is 2.50 bits per heavy atom. The lowest BCUT2D eigenvalue weighted by molar-refractivity contribution is -0.146. The topological polar surface area (TPSA) is 39.6 Å². The third-order valence-electron chi connectivity index (χ3n) is 3.35. The van der Waals surface area contributed by atoms with Gasteiger partial charge < -0.3 is 10.0 Å². The van der Waals surface area contributed by atoms with E-state index in [9.17, 15) is 18.3 Å². The first-order valence-corrected chi connectivity index (χ1v) is 6.53. The summed E-state index contributed by atoms with van der Waals surface area (Å²) in [4.78, 5) is 7.56. The fraction of sp³-hybridized carbons (Fsp3) is 0.615. The standard InChI is InChI=1S/C13H18F3N3O/c1-10(20)11-2-3-17-12(8-11)19-6-4-18(5-7-19)9-13(14,15)16/h2-3,8,10,20H,4-7,9H2,1H3/t10-/m0/s1. The third kappa shape index (κ3) is 4.08. The van der Waals surface area contributed by atoms with E-state index in [0.717, 1.165) is 5.56 Å². The van der Waals surface area contributed by atoms with Crippen LogP contribution in [0.2, 0.25) is 0 Å². The molecule has 0 amide bonds. The first kappa shape index (κ1) is 15.1. The molecule has 0 radical (unpaired) electrons. The molecule has 0 unspecified atom stereocenters. The second-order valence-electron chi connectivity index (χ2n) is 5.00. The van der Waals surface area contributed by atoms with Crippen molar-refractivity contribution in [2.75, 3.05) is 37.6 Å². The van der Waals surface area contributed by atoms with Gasteiger partial charge in [-0.3, -0.25) is 4.90 Å².